The zero-order valence-electron chi connectivity index (χ0n) is 20.7. The summed E-state index contributed by atoms with van der Waals surface area (Å²) in [6.45, 7) is 5.80. The Kier molecular flexibility index (Phi) is 7.44. The minimum Gasteiger partial charge on any atom is -0.311 e. The lowest BCUT2D eigenvalue weighted by Crippen LogP contribution is -2.59. The first kappa shape index (κ1) is 24.6. The number of carbonyl (C=O) groups is 1. The van der Waals surface area contributed by atoms with E-state index in [2.05, 4.69) is 21.9 Å². The number of fused-ring (bicyclic) bond motifs is 1. The molecule has 1 saturated heterocycles. The van der Waals surface area contributed by atoms with E-state index in [4.69, 9.17) is 0 Å². The van der Waals surface area contributed by atoms with Gasteiger partial charge in [0.1, 0.15) is 11.6 Å². The van der Waals surface area contributed by atoms with Crippen molar-refractivity contribution in [1.82, 2.24) is 9.80 Å². The van der Waals surface area contributed by atoms with Gasteiger partial charge in [-0.05, 0) is 73.2 Å². The van der Waals surface area contributed by atoms with Gasteiger partial charge in [0.2, 0.25) is 5.91 Å². The predicted octanol–water partition coefficient (Wildman–Crippen LogP) is 5.06. The lowest BCUT2D eigenvalue weighted by Gasteiger charge is -2.44. The second-order valence-electron chi connectivity index (χ2n) is 9.97. The summed E-state index contributed by atoms with van der Waals surface area (Å²) >= 11 is 0. The van der Waals surface area contributed by atoms with Gasteiger partial charge in [0.25, 0.3) is 0 Å². The Morgan fingerprint density at radius 2 is 1.56 bits per heavy atom. The molecule has 2 aliphatic rings. The van der Waals surface area contributed by atoms with Crippen LogP contribution in [0.4, 0.5) is 14.5 Å². The number of hydrogen-bond acceptors (Lipinski definition) is 3. The fraction of sp³-hybridized carbons (Fsp3) is 0.367. The maximum absolute atomic E-state index is 13.7. The quantitative estimate of drug-likeness (QED) is 0.484. The van der Waals surface area contributed by atoms with Crippen molar-refractivity contribution < 1.29 is 13.6 Å². The molecule has 5 rings (SSSR count). The van der Waals surface area contributed by atoms with Gasteiger partial charge >= 0.3 is 0 Å². The third kappa shape index (κ3) is 5.50. The molecule has 0 N–H and O–H groups in total. The molecule has 0 spiro atoms. The third-order valence-corrected chi connectivity index (χ3v) is 7.60. The zero-order chi connectivity index (χ0) is 25.1. The summed E-state index contributed by atoms with van der Waals surface area (Å²) in [5, 5.41) is 0. The van der Waals surface area contributed by atoms with Crippen LogP contribution in [0.2, 0.25) is 0 Å². The van der Waals surface area contributed by atoms with Gasteiger partial charge in [0, 0.05) is 44.5 Å². The molecule has 0 aromatic heterocycles. The van der Waals surface area contributed by atoms with Gasteiger partial charge in [-0.25, -0.2) is 8.78 Å². The van der Waals surface area contributed by atoms with Gasteiger partial charge in [-0.1, -0.05) is 42.5 Å². The van der Waals surface area contributed by atoms with Crippen molar-refractivity contribution in [2.75, 3.05) is 31.1 Å². The number of para-hydroxylation sites is 1. The van der Waals surface area contributed by atoms with Crippen LogP contribution in [0.15, 0.2) is 72.8 Å². The van der Waals surface area contributed by atoms with Crippen LogP contribution in [-0.2, 0) is 24.2 Å². The molecule has 36 heavy (non-hydrogen) atoms. The fourth-order valence-corrected chi connectivity index (χ4v) is 5.53. The van der Waals surface area contributed by atoms with Gasteiger partial charge in [-0.3, -0.25) is 14.6 Å². The maximum atomic E-state index is 13.7. The highest BCUT2D eigenvalue weighted by molar-refractivity contribution is 5.98. The van der Waals surface area contributed by atoms with E-state index >= 15 is 0 Å². The van der Waals surface area contributed by atoms with E-state index in [-0.39, 0.29) is 29.6 Å². The highest BCUT2D eigenvalue weighted by Crippen LogP contribution is 2.28. The molecule has 0 aliphatic carbocycles. The molecule has 3 aromatic carbocycles. The molecule has 0 saturated carbocycles. The summed E-state index contributed by atoms with van der Waals surface area (Å²) < 4.78 is 26.9. The van der Waals surface area contributed by atoms with Crippen molar-refractivity contribution in [1.29, 1.82) is 0 Å². The van der Waals surface area contributed by atoms with Gasteiger partial charge in [-0.2, -0.15) is 0 Å². The molecule has 2 heterocycles. The Hall–Kier alpha value is -3.09. The monoisotopic (exact) mass is 489 g/mol. The van der Waals surface area contributed by atoms with E-state index in [0.717, 1.165) is 62.3 Å². The molecule has 2 atom stereocenters. The minimum absolute atomic E-state index is 0.148. The molecule has 2 aliphatic heterocycles. The van der Waals surface area contributed by atoms with Crippen molar-refractivity contribution in [3.8, 4) is 0 Å². The van der Waals surface area contributed by atoms with Crippen LogP contribution in [0, 0.1) is 11.6 Å². The van der Waals surface area contributed by atoms with Gasteiger partial charge in [0.05, 0.1) is 6.04 Å². The molecule has 188 valence electrons. The Labute approximate surface area is 212 Å². The summed E-state index contributed by atoms with van der Waals surface area (Å²) in [6, 6.07) is 21.5. The van der Waals surface area contributed by atoms with E-state index in [1.54, 1.807) is 0 Å². The molecule has 2 unspecified atom stereocenters. The zero-order valence-corrected chi connectivity index (χ0v) is 20.7. The van der Waals surface area contributed by atoms with Gasteiger partial charge < -0.3 is 4.90 Å². The van der Waals surface area contributed by atoms with E-state index in [0.29, 0.717) is 6.54 Å². The minimum atomic E-state index is -0.242. The fourth-order valence-electron chi connectivity index (χ4n) is 5.53. The number of piperazine rings is 1. The van der Waals surface area contributed by atoms with E-state index < -0.39 is 0 Å². The molecule has 1 amide bonds. The van der Waals surface area contributed by atoms with E-state index in [1.807, 2.05) is 48.2 Å². The van der Waals surface area contributed by atoms with Crippen LogP contribution < -0.4 is 4.90 Å². The molecule has 4 nitrogen and oxygen atoms in total. The number of anilines is 1. The maximum Gasteiger partial charge on any atom is 0.244 e. The second-order valence-corrected chi connectivity index (χ2v) is 9.97. The van der Waals surface area contributed by atoms with E-state index in [9.17, 15) is 13.6 Å². The number of hydrogen-bond donors (Lipinski definition) is 0. The summed E-state index contributed by atoms with van der Waals surface area (Å²) in [5.41, 5.74) is 4.40. The number of amides is 1. The Balaban J connectivity index is 1.33. The Morgan fingerprint density at radius 3 is 2.28 bits per heavy atom. The molecular formula is C30H33F2N3O. The van der Waals surface area contributed by atoms with Crippen LogP contribution in [0.3, 0.4) is 0 Å². The van der Waals surface area contributed by atoms with Crippen molar-refractivity contribution >= 4 is 11.6 Å². The van der Waals surface area contributed by atoms with Crippen molar-refractivity contribution in [3.05, 3.63) is 101 Å². The van der Waals surface area contributed by atoms with Crippen LogP contribution in [-0.4, -0.2) is 54.0 Å². The molecule has 1 fully saturated rings. The van der Waals surface area contributed by atoms with Crippen molar-refractivity contribution in [3.63, 3.8) is 0 Å². The first-order valence-electron chi connectivity index (χ1n) is 12.8. The molecular weight excluding hydrogens is 456 g/mol. The number of carbonyl (C=O) groups excluding carboxylic acids is 1. The van der Waals surface area contributed by atoms with Crippen LogP contribution in [0.5, 0.6) is 0 Å². The van der Waals surface area contributed by atoms with Crippen LogP contribution in [0.1, 0.15) is 30.0 Å². The average Bonchev–Trinajstić information content (AvgIpc) is 2.91. The lowest BCUT2D eigenvalue weighted by atomic mass is 9.98. The number of halogens is 2. The smallest absolute Gasteiger partial charge is 0.244 e. The molecule has 6 heteroatoms. The molecule has 3 aromatic rings. The number of rotatable bonds is 6. The number of nitrogens with zero attached hydrogens (tertiary/aromatic N) is 3. The second kappa shape index (κ2) is 10.9. The lowest BCUT2D eigenvalue weighted by molar-refractivity contribution is -0.124. The SMILES string of the molecule is CC(C(=O)N1CCCc2ccccc21)N1CCN(Cc2ccc(F)cc2)C(Cc2ccc(F)cc2)C1. The third-order valence-electron chi connectivity index (χ3n) is 7.60. The molecule has 0 radical (unpaired) electrons. The van der Waals surface area contributed by atoms with Crippen molar-refractivity contribution in [2.45, 2.75) is 44.8 Å². The Bertz CT molecular complexity index is 1180. The average molecular weight is 490 g/mol. The standard InChI is InChI=1S/C30H33F2N3O/c1-22(30(36)35-16-4-6-25-5-2-3-7-29(25)35)33-17-18-34(20-24-10-14-27(32)15-11-24)28(21-33)19-23-8-12-26(31)13-9-23/h2-3,5,7-15,22,28H,4,6,16-21H2,1H3. The Morgan fingerprint density at radius 1 is 0.889 bits per heavy atom. The summed E-state index contributed by atoms with van der Waals surface area (Å²) in [7, 11) is 0. The summed E-state index contributed by atoms with van der Waals surface area (Å²) in [5.74, 6) is -0.332. The van der Waals surface area contributed by atoms with E-state index in [1.165, 1.54) is 29.8 Å². The summed E-state index contributed by atoms with van der Waals surface area (Å²) in [4.78, 5) is 20.3. The van der Waals surface area contributed by atoms with Gasteiger partial charge in [0.15, 0.2) is 0 Å². The first-order valence-corrected chi connectivity index (χ1v) is 12.8. The van der Waals surface area contributed by atoms with Crippen LogP contribution in [0.25, 0.3) is 0 Å². The highest BCUT2D eigenvalue weighted by Gasteiger charge is 2.35. The van der Waals surface area contributed by atoms with Crippen molar-refractivity contribution in [2.24, 2.45) is 0 Å². The predicted molar refractivity (Wildman–Crippen MR) is 139 cm³/mol. The molecule has 0 bridgehead atoms. The number of aryl methyl sites for hydroxylation is 1. The summed E-state index contributed by atoms with van der Waals surface area (Å²) in [6.07, 6.45) is 2.75. The first-order chi connectivity index (χ1) is 17.5. The number of benzene rings is 3. The topological polar surface area (TPSA) is 26.8 Å². The largest absolute Gasteiger partial charge is 0.311 e. The highest BCUT2D eigenvalue weighted by atomic mass is 19.1. The van der Waals surface area contributed by atoms with Crippen LogP contribution >= 0.6 is 0 Å². The van der Waals surface area contributed by atoms with Gasteiger partial charge in [-0.15, -0.1) is 0 Å². The normalized spacial score (nSPS) is 19.6.